The highest BCUT2D eigenvalue weighted by atomic mass is 28.3. The van der Waals surface area contributed by atoms with Crippen LogP contribution in [-0.2, 0) is 0 Å². The van der Waals surface area contributed by atoms with Crippen molar-refractivity contribution in [1.82, 2.24) is 9.97 Å². The van der Waals surface area contributed by atoms with E-state index in [4.69, 9.17) is 0 Å². The summed E-state index contributed by atoms with van der Waals surface area (Å²) >= 11 is 0. The highest BCUT2D eigenvalue weighted by molar-refractivity contribution is 6.54. The summed E-state index contributed by atoms with van der Waals surface area (Å²) in [5, 5.41) is 0. The summed E-state index contributed by atoms with van der Waals surface area (Å²) in [7, 11) is -0.417. The molecule has 0 aromatic carbocycles. The smallest absolute Gasteiger partial charge is 0.0919 e. The molecule has 1 rings (SSSR count). The molecule has 0 fully saturated rings. The Morgan fingerprint density at radius 1 is 0.706 bits per heavy atom. The maximum atomic E-state index is 3.67. The largest absolute Gasteiger partial charge is 0.351 e. The molecule has 0 radical (unpaired) electrons. The van der Waals surface area contributed by atoms with Crippen LogP contribution >= 0.6 is 0 Å². The lowest BCUT2D eigenvalue weighted by atomic mass is 11.0. The maximum Gasteiger partial charge on any atom is 0.0919 e. The Kier molecular flexibility index (Phi) is 23.7. The number of hydrogen-bond acceptors (Lipinski definition) is 1. The highest BCUT2D eigenvalue weighted by Gasteiger charge is 1.72. The number of nitrogens with one attached hydrogen (secondary N) is 1. The van der Waals surface area contributed by atoms with Gasteiger partial charge in [-0.15, -0.1) is 0 Å². The van der Waals surface area contributed by atoms with Gasteiger partial charge < -0.3 is 4.98 Å². The molecule has 0 unspecified atom stereocenters. The van der Waals surface area contributed by atoms with Crippen LogP contribution < -0.4 is 0 Å². The van der Waals surface area contributed by atoms with Crippen LogP contribution in [0.2, 0.25) is 58.9 Å². The number of imidazole rings is 1. The zero-order valence-corrected chi connectivity index (χ0v) is 16.9. The average molecular weight is 291 g/mol. The summed E-state index contributed by atoms with van der Waals surface area (Å²) in [6.07, 6.45) is 5.08. The van der Waals surface area contributed by atoms with E-state index < -0.39 is 0 Å². The summed E-state index contributed by atoms with van der Waals surface area (Å²) in [6.45, 7) is 20.8. The van der Waals surface area contributed by atoms with Crippen molar-refractivity contribution in [1.29, 1.82) is 0 Å². The fourth-order valence-corrected chi connectivity index (χ4v) is 0.215. The molecule has 0 bridgehead atoms. The number of nitrogens with zero attached hydrogens (tertiary/aromatic N) is 1. The van der Waals surface area contributed by atoms with E-state index in [0.717, 1.165) is 0 Å². The molecule has 0 spiro atoms. The van der Waals surface area contributed by atoms with Crippen LogP contribution in [0.15, 0.2) is 18.7 Å². The monoisotopic (exact) mass is 290 g/mol. The molecule has 104 valence electrons. The van der Waals surface area contributed by atoms with Gasteiger partial charge in [0.2, 0.25) is 0 Å². The SMILES string of the molecule is C[SiH](C)C.C[SiH](C)C.C[SiH](C)C.c1c[nH]cn1. The third-order valence-corrected chi connectivity index (χ3v) is 0.406. The van der Waals surface area contributed by atoms with Crippen molar-refractivity contribution in [3.63, 3.8) is 0 Å². The molecule has 0 aliphatic carbocycles. The Morgan fingerprint density at radius 3 is 1.06 bits per heavy atom. The number of hydrogen-bond donors (Lipinski definition) is 1. The molecule has 1 heterocycles. The first-order valence-corrected chi connectivity index (χ1v) is 17.0. The first-order chi connectivity index (χ1) is 7.70. The zero-order chi connectivity index (χ0) is 14.3. The molecule has 0 aliphatic heterocycles. The molecule has 17 heavy (non-hydrogen) atoms. The van der Waals surface area contributed by atoms with Gasteiger partial charge in [-0.1, -0.05) is 58.9 Å². The molecule has 0 saturated heterocycles. The number of H-pyrrole nitrogens is 1. The van der Waals surface area contributed by atoms with Crippen molar-refractivity contribution in [2.75, 3.05) is 0 Å². The quantitative estimate of drug-likeness (QED) is 0.725. The summed E-state index contributed by atoms with van der Waals surface area (Å²) in [6, 6.07) is 0. The average Bonchev–Trinajstić information content (AvgIpc) is 2.53. The van der Waals surface area contributed by atoms with Crippen LogP contribution in [0.25, 0.3) is 0 Å². The highest BCUT2D eigenvalue weighted by Crippen LogP contribution is 1.68. The normalized spacial score (nSPS) is 8.71. The van der Waals surface area contributed by atoms with Crippen LogP contribution in [0, 0.1) is 0 Å². The van der Waals surface area contributed by atoms with E-state index in [9.17, 15) is 0 Å². The van der Waals surface area contributed by atoms with Gasteiger partial charge in [0.25, 0.3) is 0 Å². The van der Waals surface area contributed by atoms with Gasteiger partial charge in [-0.2, -0.15) is 0 Å². The van der Waals surface area contributed by atoms with Crippen LogP contribution in [0.4, 0.5) is 0 Å². The van der Waals surface area contributed by atoms with E-state index in [-0.39, 0.29) is 26.4 Å². The van der Waals surface area contributed by atoms with Crippen molar-refractivity contribution in [2.45, 2.75) is 58.9 Å². The van der Waals surface area contributed by atoms with Gasteiger partial charge in [-0.25, -0.2) is 4.98 Å². The van der Waals surface area contributed by atoms with Crippen LogP contribution in [-0.4, -0.2) is 36.4 Å². The Hall–Kier alpha value is -0.139. The fraction of sp³-hybridized carbons (Fsp3) is 0.750. The van der Waals surface area contributed by atoms with Crippen LogP contribution in [0.5, 0.6) is 0 Å². The lowest BCUT2D eigenvalue weighted by Gasteiger charge is -1.75. The Bertz CT molecular complexity index is 148. The predicted molar refractivity (Wildman–Crippen MR) is 92.8 cm³/mol. The summed E-state index contributed by atoms with van der Waals surface area (Å²) in [5.41, 5.74) is 0. The number of rotatable bonds is 0. The fourth-order valence-electron chi connectivity index (χ4n) is 0.215. The van der Waals surface area contributed by atoms with Crippen molar-refractivity contribution >= 4 is 26.4 Å². The first-order valence-electron chi connectivity index (χ1n) is 6.62. The first kappa shape index (κ1) is 22.1. The second kappa shape index (κ2) is 18.2. The third kappa shape index (κ3) is 129. The lowest BCUT2D eigenvalue weighted by molar-refractivity contribution is 1.31. The van der Waals surface area contributed by atoms with Gasteiger partial charge in [-0.3, -0.25) is 0 Å². The third-order valence-electron chi connectivity index (χ3n) is 0.406. The van der Waals surface area contributed by atoms with Crippen molar-refractivity contribution in [2.24, 2.45) is 0 Å². The molecule has 0 aliphatic rings. The topological polar surface area (TPSA) is 28.7 Å². The Morgan fingerprint density at radius 2 is 1.00 bits per heavy atom. The molecule has 1 aromatic rings. The Balaban J connectivity index is -0.000000155. The number of aromatic nitrogens is 2. The number of aromatic amines is 1. The molecule has 0 saturated carbocycles. The Labute approximate surface area is 114 Å². The van der Waals surface area contributed by atoms with Gasteiger partial charge in [-0.05, 0) is 0 Å². The molecule has 1 N–H and O–H groups in total. The van der Waals surface area contributed by atoms with E-state index in [1.807, 2.05) is 0 Å². The summed E-state index contributed by atoms with van der Waals surface area (Å²) in [5.74, 6) is 0. The lowest BCUT2D eigenvalue weighted by Crippen LogP contribution is -1.84. The summed E-state index contributed by atoms with van der Waals surface area (Å²) in [4.78, 5) is 6.42. The second-order valence-corrected chi connectivity index (χ2v) is 16.3. The van der Waals surface area contributed by atoms with Gasteiger partial charge in [0.05, 0.1) is 6.33 Å². The van der Waals surface area contributed by atoms with Crippen molar-refractivity contribution in [3.8, 4) is 0 Å². The minimum Gasteiger partial charge on any atom is -0.351 e. The van der Waals surface area contributed by atoms with E-state index in [0.29, 0.717) is 0 Å². The predicted octanol–water partition coefficient (Wildman–Crippen LogP) is 3.72. The molecule has 0 amide bonds. The molecule has 0 atom stereocenters. The van der Waals surface area contributed by atoms with E-state index >= 15 is 0 Å². The molecular weight excluding hydrogens is 256 g/mol. The zero-order valence-electron chi connectivity index (χ0n) is 13.4. The summed E-state index contributed by atoms with van der Waals surface area (Å²) < 4.78 is 0. The maximum absolute atomic E-state index is 3.67. The molecular formula is C12H34N2Si3. The van der Waals surface area contributed by atoms with Crippen molar-refractivity contribution < 1.29 is 0 Å². The standard InChI is InChI=1S/C3H4N2.3C3H10Si/c1-2-5-3-4-1;3*1-4(2)3/h1-3H,(H,4,5);3*4H,1-3H3. The minimum atomic E-state index is -0.139. The van der Waals surface area contributed by atoms with Gasteiger partial charge in [0, 0.05) is 38.8 Å². The van der Waals surface area contributed by atoms with E-state index in [1.165, 1.54) is 0 Å². The van der Waals surface area contributed by atoms with Gasteiger partial charge in [0.1, 0.15) is 0 Å². The van der Waals surface area contributed by atoms with E-state index in [2.05, 4.69) is 68.9 Å². The van der Waals surface area contributed by atoms with Gasteiger partial charge in [0.15, 0.2) is 0 Å². The molecule has 5 heteroatoms. The molecule has 2 nitrogen and oxygen atoms in total. The van der Waals surface area contributed by atoms with E-state index in [1.54, 1.807) is 18.7 Å². The second-order valence-electron chi connectivity index (χ2n) is 5.96. The minimum absolute atomic E-state index is 0.139. The molecule has 1 aromatic heterocycles. The van der Waals surface area contributed by atoms with Crippen molar-refractivity contribution in [3.05, 3.63) is 18.7 Å². The van der Waals surface area contributed by atoms with Crippen LogP contribution in [0.3, 0.4) is 0 Å². The van der Waals surface area contributed by atoms with Gasteiger partial charge >= 0.3 is 0 Å². The van der Waals surface area contributed by atoms with Crippen LogP contribution in [0.1, 0.15) is 0 Å².